The Labute approximate surface area is 163 Å². The highest BCUT2D eigenvalue weighted by atomic mass is 19.4. The maximum Gasteiger partial charge on any atom is 0.416 e. The van der Waals surface area contributed by atoms with E-state index < -0.39 is 17.6 Å². The van der Waals surface area contributed by atoms with Crippen molar-refractivity contribution in [3.05, 3.63) is 82.6 Å². The summed E-state index contributed by atoms with van der Waals surface area (Å²) in [6.45, 7) is 0.501. The highest BCUT2D eigenvalue weighted by Crippen LogP contribution is 2.31. The number of carbonyl (C=O) groups excluding carboxylic acids is 1. The van der Waals surface area contributed by atoms with Crippen LogP contribution in [-0.2, 0) is 19.0 Å². The summed E-state index contributed by atoms with van der Waals surface area (Å²) in [7, 11) is 0. The van der Waals surface area contributed by atoms with E-state index in [9.17, 15) is 22.4 Å². The molecule has 1 aromatic carbocycles. The average molecular weight is 401 g/mol. The van der Waals surface area contributed by atoms with Gasteiger partial charge in [0.25, 0.3) is 5.91 Å². The van der Waals surface area contributed by atoms with Crippen LogP contribution < -0.4 is 5.32 Å². The van der Waals surface area contributed by atoms with Gasteiger partial charge < -0.3 is 5.32 Å². The van der Waals surface area contributed by atoms with Gasteiger partial charge >= 0.3 is 6.18 Å². The van der Waals surface area contributed by atoms with Crippen LogP contribution >= 0.6 is 0 Å². The zero-order valence-electron chi connectivity index (χ0n) is 15.1. The fraction of sp³-hybridized carbons (Fsp3) is 0.190. The van der Waals surface area contributed by atoms with Gasteiger partial charge in [-0.15, -0.1) is 0 Å². The van der Waals surface area contributed by atoms with Crippen molar-refractivity contribution in [2.45, 2.75) is 19.0 Å². The topological polar surface area (TPSA) is 54.9 Å². The molecule has 3 aromatic rings. The van der Waals surface area contributed by atoms with E-state index >= 15 is 0 Å². The van der Waals surface area contributed by atoms with E-state index in [1.54, 1.807) is 18.3 Å². The minimum Gasteiger partial charge on any atom is -0.352 e. The molecule has 8 heteroatoms. The highest BCUT2D eigenvalue weighted by Gasteiger charge is 2.31. The van der Waals surface area contributed by atoms with Crippen molar-refractivity contribution in [3.8, 4) is 11.3 Å². The molecule has 148 valence electrons. The second-order valence-corrected chi connectivity index (χ2v) is 6.80. The third kappa shape index (κ3) is 3.96. The Morgan fingerprint density at radius 1 is 1.07 bits per heavy atom. The van der Waals surface area contributed by atoms with E-state index in [-0.39, 0.29) is 17.9 Å². The molecule has 0 bridgehead atoms. The summed E-state index contributed by atoms with van der Waals surface area (Å²) in [5.41, 5.74) is 2.40. The number of carbonyl (C=O) groups is 1. The number of amides is 1. The number of nitrogens with one attached hydrogen (secondary N) is 1. The van der Waals surface area contributed by atoms with Crippen LogP contribution in [0.2, 0.25) is 0 Å². The number of hydrogen-bond acceptors (Lipinski definition) is 3. The number of nitrogens with zero attached hydrogens (tertiary/aromatic N) is 2. The first-order chi connectivity index (χ1) is 13.8. The largest absolute Gasteiger partial charge is 0.416 e. The van der Waals surface area contributed by atoms with E-state index in [1.807, 2.05) is 0 Å². The molecule has 1 N–H and O–H groups in total. The number of aromatic nitrogens is 2. The third-order valence-electron chi connectivity index (χ3n) is 4.72. The minimum absolute atomic E-state index is 0.0805. The molecule has 0 saturated heterocycles. The fourth-order valence-electron chi connectivity index (χ4n) is 3.47. The Balaban J connectivity index is 1.69. The Bertz CT molecular complexity index is 1100. The fourth-order valence-corrected chi connectivity index (χ4v) is 3.47. The summed E-state index contributed by atoms with van der Waals surface area (Å²) >= 11 is 0. The van der Waals surface area contributed by atoms with Crippen LogP contribution in [0.5, 0.6) is 0 Å². The molecule has 0 atom stereocenters. The maximum atomic E-state index is 13.7. The smallest absolute Gasteiger partial charge is 0.352 e. The lowest BCUT2D eigenvalue weighted by molar-refractivity contribution is -0.137. The number of benzene rings is 1. The van der Waals surface area contributed by atoms with E-state index in [2.05, 4.69) is 15.3 Å². The molecule has 0 saturated carbocycles. The van der Waals surface area contributed by atoms with Crippen molar-refractivity contribution >= 4 is 5.91 Å². The Kier molecular flexibility index (Phi) is 4.77. The summed E-state index contributed by atoms with van der Waals surface area (Å²) in [5, 5.41) is 2.77. The molecule has 1 amide bonds. The molecule has 2 aromatic heterocycles. The quantitative estimate of drug-likeness (QED) is 0.670. The van der Waals surface area contributed by atoms with Crippen molar-refractivity contribution in [1.29, 1.82) is 0 Å². The van der Waals surface area contributed by atoms with Crippen molar-refractivity contribution in [3.63, 3.8) is 0 Å². The maximum absolute atomic E-state index is 13.7. The van der Waals surface area contributed by atoms with Crippen LogP contribution in [0.4, 0.5) is 17.6 Å². The SMILES string of the molecule is O=C1NCCc2c1ccnc2-c1cncc(Cc2cc(F)cc(C(F)(F)F)c2)c1. The van der Waals surface area contributed by atoms with Gasteiger partial charge in [0.15, 0.2) is 0 Å². The first-order valence-electron chi connectivity index (χ1n) is 8.88. The van der Waals surface area contributed by atoms with Crippen LogP contribution in [0, 0.1) is 5.82 Å². The molecule has 0 fully saturated rings. The zero-order chi connectivity index (χ0) is 20.6. The molecule has 29 heavy (non-hydrogen) atoms. The van der Waals surface area contributed by atoms with Gasteiger partial charge in [-0.1, -0.05) is 0 Å². The van der Waals surface area contributed by atoms with Gasteiger partial charge in [-0.05, 0) is 59.9 Å². The first kappa shape index (κ1) is 19.0. The van der Waals surface area contributed by atoms with E-state index in [0.717, 1.165) is 17.7 Å². The van der Waals surface area contributed by atoms with Crippen molar-refractivity contribution in [1.82, 2.24) is 15.3 Å². The summed E-state index contributed by atoms with van der Waals surface area (Å²) in [4.78, 5) is 20.6. The molecule has 0 radical (unpaired) electrons. The van der Waals surface area contributed by atoms with Crippen molar-refractivity contribution in [2.24, 2.45) is 0 Å². The normalized spacial score (nSPS) is 13.7. The Morgan fingerprint density at radius 2 is 1.90 bits per heavy atom. The molecule has 0 unspecified atom stereocenters. The number of fused-ring (bicyclic) bond motifs is 1. The standard InChI is InChI=1S/C21H15F4N3O/c22-16-8-12(7-15(9-16)21(23,24)25)5-13-6-14(11-26-10-13)19-17-1-4-28-20(29)18(17)2-3-27-19/h2-3,6-11H,1,4-5H2,(H,28,29). The molecule has 0 spiro atoms. The van der Waals surface area contributed by atoms with Gasteiger partial charge in [-0.2, -0.15) is 13.2 Å². The molecular formula is C21H15F4N3O. The van der Waals surface area contributed by atoms with Gasteiger partial charge in [0, 0.05) is 36.3 Å². The first-order valence-corrected chi connectivity index (χ1v) is 8.88. The number of hydrogen-bond donors (Lipinski definition) is 1. The lowest BCUT2D eigenvalue weighted by atomic mass is 9.95. The van der Waals surface area contributed by atoms with Gasteiger partial charge in [0.05, 0.1) is 11.3 Å². The lowest BCUT2D eigenvalue weighted by Gasteiger charge is -2.19. The summed E-state index contributed by atoms with van der Waals surface area (Å²) in [6.07, 6.45) is 0.720. The predicted molar refractivity (Wildman–Crippen MR) is 97.7 cm³/mol. The van der Waals surface area contributed by atoms with Crippen molar-refractivity contribution < 1.29 is 22.4 Å². The summed E-state index contributed by atoms with van der Waals surface area (Å²) < 4.78 is 52.5. The third-order valence-corrected chi connectivity index (χ3v) is 4.72. The molecule has 4 rings (SSSR count). The van der Waals surface area contributed by atoms with E-state index in [4.69, 9.17) is 0 Å². The lowest BCUT2D eigenvalue weighted by Crippen LogP contribution is -2.32. The molecule has 0 aliphatic carbocycles. The number of pyridine rings is 2. The highest BCUT2D eigenvalue weighted by molar-refractivity contribution is 5.98. The predicted octanol–water partition coefficient (Wildman–Crippen LogP) is 4.18. The van der Waals surface area contributed by atoms with Crippen LogP contribution in [0.3, 0.4) is 0 Å². The summed E-state index contributed by atoms with van der Waals surface area (Å²) in [5.74, 6) is -1.11. The van der Waals surface area contributed by atoms with Crippen LogP contribution in [0.1, 0.15) is 32.6 Å². The molecular weight excluding hydrogens is 386 g/mol. The number of rotatable bonds is 3. The van der Waals surface area contributed by atoms with Crippen LogP contribution in [0.15, 0.2) is 48.9 Å². The molecule has 4 nitrogen and oxygen atoms in total. The summed E-state index contributed by atoms with van der Waals surface area (Å²) in [6, 6.07) is 5.89. The number of halogens is 4. The van der Waals surface area contributed by atoms with Crippen LogP contribution in [0.25, 0.3) is 11.3 Å². The van der Waals surface area contributed by atoms with Crippen molar-refractivity contribution in [2.75, 3.05) is 6.54 Å². The molecule has 1 aliphatic heterocycles. The second-order valence-electron chi connectivity index (χ2n) is 6.80. The molecule has 3 heterocycles. The van der Waals surface area contributed by atoms with E-state index in [0.29, 0.717) is 41.4 Å². The Hall–Kier alpha value is -3.29. The van der Waals surface area contributed by atoms with Gasteiger partial charge in [0.2, 0.25) is 0 Å². The monoisotopic (exact) mass is 401 g/mol. The average Bonchev–Trinajstić information content (AvgIpc) is 2.67. The minimum atomic E-state index is -4.62. The van der Waals surface area contributed by atoms with Gasteiger partial charge in [-0.3, -0.25) is 14.8 Å². The second kappa shape index (κ2) is 7.27. The zero-order valence-corrected chi connectivity index (χ0v) is 15.1. The Morgan fingerprint density at radius 3 is 2.69 bits per heavy atom. The molecule has 1 aliphatic rings. The van der Waals surface area contributed by atoms with Gasteiger partial charge in [0.1, 0.15) is 5.82 Å². The number of alkyl halides is 3. The van der Waals surface area contributed by atoms with Gasteiger partial charge in [-0.25, -0.2) is 4.39 Å². The van der Waals surface area contributed by atoms with Crippen LogP contribution in [-0.4, -0.2) is 22.4 Å². The van der Waals surface area contributed by atoms with E-state index in [1.165, 1.54) is 12.4 Å².